The second-order valence-corrected chi connectivity index (χ2v) is 6.31. The van der Waals surface area contributed by atoms with Gasteiger partial charge < -0.3 is 5.32 Å². The second-order valence-electron chi connectivity index (χ2n) is 5.53. The number of hydrogen-bond donors (Lipinski definition) is 1. The van der Waals surface area contributed by atoms with Crippen molar-refractivity contribution in [3.63, 3.8) is 0 Å². The third kappa shape index (κ3) is 3.16. The molecular formula is C15H20N4OS. The van der Waals surface area contributed by atoms with Gasteiger partial charge in [-0.1, -0.05) is 0 Å². The van der Waals surface area contributed by atoms with E-state index in [-0.39, 0.29) is 5.91 Å². The molecule has 1 fully saturated rings. The van der Waals surface area contributed by atoms with Gasteiger partial charge in [0.15, 0.2) is 0 Å². The van der Waals surface area contributed by atoms with E-state index >= 15 is 0 Å². The number of rotatable bonds is 4. The minimum atomic E-state index is 0.0279. The summed E-state index contributed by atoms with van der Waals surface area (Å²) in [5, 5.41) is 11.5. The molecule has 0 spiro atoms. The van der Waals surface area contributed by atoms with Crippen LogP contribution in [0.25, 0.3) is 0 Å². The molecule has 0 aliphatic carbocycles. The van der Waals surface area contributed by atoms with Crippen LogP contribution in [0.2, 0.25) is 0 Å². The Morgan fingerprint density at radius 3 is 3.10 bits per heavy atom. The van der Waals surface area contributed by atoms with Crippen molar-refractivity contribution in [1.29, 1.82) is 0 Å². The summed E-state index contributed by atoms with van der Waals surface area (Å²) in [6.07, 6.45) is 2.29. The maximum Gasteiger partial charge on any atom is 0.239 e. The van der Waals surface area contributed by atoms with Crippen LogP contribution in [0.3, 0.4) is 0 Å². The van der Waals surface area contributed by atoms with Gasteiger partial charge in [0.1, 0.15) is 5.82 Å². The van der Waals surface area contributed by atoms with Gasteiger partial charge in [-0.25, -0.2) is 0 Å². The van der Waals surface area contributed by atoms with Crippen molar-refractivity contribution >= 4 is 23.1 Å². The van der Waals surface area contributed by atoms with E-state index in [2.05, 4.69) is 32.1 Å². The van der Waals surface area contributed by atoms with Gasteiger partial charge in [-0.3, -0.25) is 14.4 Å². The summed E-state index contributed by atoms with van der Waals surface area (Å²) in [6, 6.07) is 4.43. The van der Waals surface area contributed by atoms with Crippen molar-refractivity contribution in [3.05, 3.63) is 34.2 Å². The first-order valence-electron chi connectivity index (χ1n) is 7.20. The van der Waals surface area contributed by atoms with Crippen LogP contribution in [0.15, 0.2) is 22.9 Å². The Kier molecular flexibility index (Phi) is 4.07. The highest BCUT2D eigenvalue weighted by atomic mass is 32.1. The molecule has 0 bridgehead atoms. The number of nitrogens with one attached hydrogen (secondary N) is 1. The summed E-state index contributed by atoms with van der Waals surface area (Å²) in [5.74, 6) is 0.781. The summed E-state index contributed by atoms with van der Waals surface area (Å²) < 4.78 is 1.70. The Labute approximate surface area is 128 Å². The molecule has 1 N–H and O–H groups in total. The van der Waals surface area contributed by atoms with E-state index in [0.717, 1.165) is 30.9 Å². The highest BCUT2D eigenvalue weighted by Gasteiger charge is 2.27. The number of anilines is 1. The zero-order valence-corrected chi connectivity index (χ0v) is 13.2. The van der Waals surface area contributed by atoms with Gasteiger partial charge >= 0.3 is 0 Å². The molecule has 5 nitrogen and oxygen atoms in total. The van der Waals surface area contributed by atoms with Crippen molar-refractivity contribution in [2.24, 2.45) is 7.05 Å². The quantitative estimate of drug-likeness (QED) is 0.944. The number of carbonyl (C=O) groups is 1. The molecule has 0 saturated carbocycles. The molecule has 1 atom stereocenters. The van der Waals surface area contributed by atoms with Crippen LogP contribution in [0.4, 0.5) is 5.82 Å². The van der Waals surface area contributed by atoms with Gasteiger partial charge in [0.2, 0.25) is 5.91 Å². The molecular weight excluding hydrogens is 284 g/mol. The van der Waals surface area contributed by atoms with E-state index in [0.29, 0.717) is 12.6 Å². The number of carbonyl (C=O) groups excluding carboxylic acids is 1. The molecule has 1 saturated heterocycles. The number of thiophene rings is 1. The first kappa shape index (κ1) is 14.3. The lowest BCUT2D eigenvalue weighted by atomic mass is 10.1. The summed E-state index contributed by atoms with van der Waals surface area (Å²) in [5.41, 5.74) is 2.24. The number of likely N-dealkylation sites (tertiary alicyclic amines) is 1. The van der Waals surface area contributed by atoms with Crippen molar-refractivity contribution < 1.29 is 4.79 Å². The predicted molar refractivity (Wildman–Crippen MR) is 84.4 cm³/mol. The molecule has 1 amide bonds. The average molecular weight is 304 g/mol. The molecule has 3 heterocycles. The number of aromatic nitrogens is 2. The number of amides is 1. The summed E-state index contributed by atoms with van der Waals surface area (Å²) in [4.78, 5) is 14.5. The Bertz CT molecular complexity index is 620. The van der Waals surface area contributed by atoms with E-state index in [4.69, 9.17) is 0 Å². The lowest BCUT2D eigenvalue weighted by molar-refractivity contribution is -0.117. The van der Waals surface area contributed by atoms with E-state index in [1.165, 1.54) is 5.56 Å². The zero-order chi connectivity index (χ0) is 14.8. The van der Waals surface area contributed by atoms with Crippen LogP contribution in [0, 0.1) is 6.92 Å². The second kappa shape index (κ2) is 5.99. The van der Waals surface area contributed by atoms with Gasteiger partial charge in [0.05, 0.1) is 12.2 Å². The topological polar surface area (TPSA) is 50.2 Å². The molecule has 0 radical (unpaired) electrons. The molecule has 2 aromatic heterocycles. The highest BCUT2D eigenvalue weighted by Crippen LogP contribution is 2.32. The lowest BCUT2D eigenvalue weighted by Crippen LogP contribution is -2.33. The number of aryl methyl sites for hydroxylation is 2. The van der Waals surface area contributed by atoms with Gasteiger partial charge in [0.25, 0.3) is 0 Å². The fourth-order valence-electron chi connectivity index (χ4n) is 2.95. The minimum absolute atomic E-state index is 0.0279. The zero-order valence-electron chi connectivity index (χ0n) is 12.4. The van der Waals surface area contributed by atoms with Gasteiger partial charge in [-0.2, -0.15) is 16.4 Å². The maximum atomic E-state index is 12.3. The Balaban J connectivity index is 1.63. The minimum Gasteiger partial charge on any atom is -0.310 e. The number of nitrogens with zero attached hydrogens (tertiary/aromatic N) is 3. The Morgan fingerprint density at radius 1 is 1.57 bits per heavy atom. The third-order valence-electron chi connectivity index (χ3n) is 3.91. The fraction of sp³-hybridized carbons (Fsp3) is 0.467. The molecule has 112 valence electrons. The third-order valence-corrected chi connectivity index (χ3v) is 4.61. The highest BCUT2D eigenvalue weighted by molar-refractivity contribution is 7.07. The first-order valence-corrected chi connectivity index (χ1v) is 8.14. The number of hydrogen-bond acceptors (Lipinski definition) is 4. The van der Waals surface area contributed by atoms with E-state index < -0.39 is 0 Å². The van der Waals surface area contributed by atoms with Crippen LogP contribution < -0.4 is 5.32 Å². The summed E-state index contributed by atoms with van der Waals surface area (Å²) in [6.45, 7) is 3.34. The molecule has 0 aromatic carbocycles. The molecule has 6 heteroatoms. The molecule has 1 aliphatic rings. The fourth-order valence-corrected chi connectivity index (χ4v) is 3.66. The van der Waals surface area contributed by atoms with Crippen LogP contribution in [0.1, 0.15) is 30.1 Å². The average Bonchev–Trinajstić information content (AvgIpc) is 3.11. The smallest absolute Gasteiger partial charge is 0.239 e. The van der Waals surface area contributed by atoms with Crippen LogP contribution >= 0.6 is 11.3 Å². The largest absolute Gasteiger partial charge is 0.310 e. The monoisotopic (exact) mass is 304 g/mol. The molecule has 3 rings (SSSR count). The van der Waals surface area contributed by atoms with E-state index in [1.54, 1.807) is 16.0 Å². The van der Waals surface area contributed by atoms with Crippen LogP contribution in [0.5, 0.6) is 0 Å². The predicted octanol–water partition coefficient (Wildman–Crippen LogP) is 2.57. The Morgan fingerprint density at radius 2 is 2.43 bits per heavy atom. The maximum absolute atomic E-state index is 12.3. The lowest BCUT2D eigenvalue weighted by Gasteiger charge is -2.23. The van der Waals surface area contributed by atoms with E-state index in [1.807, 2.05) is 20.0 Å². The van der Waals surface area contributed by atoms with Crippen molar-refractivity contribution in [1.82, 2.24) is 14.7 Å². The van der Waals surface area contributed by atoms with Gasteiger partial charge in [0, 0.05) is 19.2 Å². The SMILES string of the molecule is Cc1cc(NC(=O)CN2CCCC2c2ccsc2)n(C)n1. The van der Waals surface area contributed by atoms with Gasteiger partial charge in [-0.05, 0) is 48.7 Å². The van der Waals surface area contributed by atoms with Crippen LogP contribution in [-0.4, -0.2) is 33.7 Å². The summed E-state index contributed by atoms with van der Waals surface area (Å²) in [7, 11) is 1.84. The molecule has 1 aliphatic heterocycles. The molecule has 2 aromatic rings. The normalized spacial score (nSPS) is 19.0. The van der Waals surface area contributed by atoms with Crippen molar-refractivity contribution in [2.75, 3.05) is 18.4 Å². The Hall–Kier alpha value is -1.66. The molecule has 1 unspecified atom stereocenters. The van der Waals surface area contributed by atoms with Crippen molar-refractivity contribution in [3.8, 4) is 0 Å². The standard InChI is InChI=1S/C15H20N4OS/c1-11-8-14(18(2)17-11)16-15(20)9-19-6-3-4-13(19)12-5-7-21-10-12/h5,7-8,10,13H,3-4,6,9H2,1-2H3,(H,16,20). The van der Waals surface area contributed by atoms with Crippen LogP contribution in [-0.2, 0) is 11.8 Å². The first-order chi connectivity index (χ1) is 10.1. The van der Waals surface area contributed by atoms with E-state index in [9.17, 15) is 4.79 Å². The summed E-state index contributed by atoms with van der Waals surface area (Å²) >= 11 is 1.72. The van der Waals surface area contributed by atoms with Gasteiger partial charge in [-0.15, -0.1) is 0 Å². The molecule has 21 heavy (non-hydrogen) atoms. The van der Waals surface area contributed by atoms with Crippen molar-refractivity contribution in [2.45, 2.75) is 25.8 Å².